The van der Waals surface area contributed by atoms with E-state index in [0.717, 1.165) is 49.3 Å². The molecular formula is C21H25BrN2O3. The van der Waals surface area contributed by atoms with E-state index in [1.807, 2.05) is 42.5 Å². The van der Waals surface area contributed by atoms with Crippen molar-refractivity contribution in [1.29, 1.82) is 0 Å². The molecule has 1 heterocycles. The Morgan fingerprint density at radius 2 is 1.85 bits per heavy atom. The van der Waals surface area contributed by atoms with E-state index in [0.29, 0.717) is 24.5 Å². The summed E-state index contributed by atoms with van der Waals surface area (Å²) in [6, 6.07) is 15.3. The third-order valence-corrected chi connectivity index (χ3v) is 5.29. The highest BCUT2D eigenvalue weighted by Gasteiger charge is 2.13. The van der Waals surface area contributed by atoms with Gasteiger partial charge < -0.3 is 14.8 Å². The first kappa shape index (κ1) is 19.9. The lowest BCUT2D eigenvalue weighted by molar-refractivity contribution is 0.0374. The van der Waals surface area contributed by atoms with Gasteiger partial charge in [0.1, 0.15) is 12.4 Å². The third-order valence-electron chi connectivity index (χ3n) is 4.51. The topological polar surface area (TPSA) is 50.8 Å². The molecule has 2 aromatic carbocycles. The zero-order chi connectivity index (χ0) is 18.9. The maximum absolute atomic E-state index is 12.6. The molecule has 0 spiro atoms. The average Bonchev–Trinajstić information content (AvgIpc) is 2.71. The number of hydrogen-bond acceptors (Lipinski definition) is 4. The number of halogens is 1. The minimum Gasteiger partial charge on any atom is -0.488 e. The Morgan fingerprint density at radius 1 is 1.11 bits per heavy atom. The van der Waals surface area contributed by atoms with Crippen LogP contribution in [0.1, 0.15) is 22.3 Å². The molecule has 0 atom stereocenters. The molecule has 0 radical (unpaired) electrons. The van der Waals surface area contributed by atoms with Crippen molar-refractivity contribution < 1.29 is 14.3 Å². The molecule has 1 fully saturated rings. The minimum absolute atomic E-state index is 0.0975. The van der Waals surface area contributed by atoms with Crippen LogP contribution in [0.15, 0.2) is 53.0 Å². The average molecular weight is 433 g/mol. The van der Waals surface area contributed by atoms with Gasteiger partial charge in [0.2, 0.25) is 0 Å². The van der Waals surface area contributed by atoms with E-state index in [4.69, 9.17) is 9.47 Å². The van der Waals surface area contributed by atoms with E-state index in [9.17, 15) is 4.79 Å². The van der Waals surface area contributed by atoms with Crippen LogP contribution in [-0.2, 0) is 11.3 Å². The van der Waals surface area contributed by atoms with Gasteiger partial charge in [0.25, 0.3) is 5.91 Å². The monoisotopic (exact) mass is 432 g/mol. The molecule has 1 aliphatic heterocycles. The third kappa shape index (κ3) is 6.06. The van der Waals surface area contributed by atoms with Gasteiger partial charge in [-0.15, -0.1) is 0 Å². The van der Waals surface area contributed by atoms with Crippen LogP contribution in [0.25, 0.3) is 0 Å². The van der Waals surface area contributed by atoms with Crippen LogP contribution in [-0.4, -0.2) is 50.2 Å². The Hall–Kier alpha value is -1.89. The van der Waals surface area contributed by atoms with Crippen LogP contribution < -0.4 is 10.1 Å². The van der Waals surface area contributed by atoms with Crippen LogP contribution in [0.5, 0.6) is 5.75 Å². The zero-order valence-electron chi connectivity index (χ0n) is 15.3. The summed E-state index contributed by atoms with van der Waals surface area (Å²) in [4.78, 5) is 14.9. The first-order chi connectivity index (χ1) is 13.2. The Morgan fingerprint density at radius 3 is 2.67 bits per heavy atom. The lowest BCUT2D eigenvalue weighted by Gasteiger charge is -2.26. The van der Waals surface area contributed by atoms with Crippen molar-refractivity contribution >= 4 is 21.8 Å². The van der Waals surface area contributed by atoms with E-state index < -0.39 is 0 Å². The fraction of sp³-hybridized carbons (Fsp3) is 0.381. The summed E-state index contributed by atoms with van der Waals surface area (Å²) in [5.74, 6) is 0.499. The van der Waals surface area contributed by atoms with Gasteiger partial charge in [-0.1, -0.05) is 46.3 Å². The van der Waals surface area contributed by atoms with E-state index in [-0.39, 0.29) is 5.91 Å². The second kappa shape index (κ2) is 10.4. The molecule has 27 heavy (non-hydrogen) atoms. The number of hydrogen-bond donors (Lipinski definition) is 1. The predicted molar refractivity (Wildman–Crippen MR) is 109 cm³/mol. The summed E-state index contributed by atoms with van der Waals surface area (Å²) in [5.41, 5.74) is 1.61. The summed E-state index contributed by atoms with van der Waals surface area (Å²) < 4.78 is 12.3. The fourth-order valence-electron chi connectivity index (χ4n) is 2.98. The molecule has 0 aliphatic carbocycles. The molecule has 1 aliphatic rings. The lowest BCUT2D eigenvalue weighted by Crippen LogP contribution is -2.38. The molecular weight excluding hydrogens is 408 g/mol. The SMILES string of the molecule is O=C(NCCCN1CCOCC1)c1ccccc1OCc1ccccc1Br. The first-order valence-electron chi connectivity index (χ1n) is 9.27. The van der Waals surface area contributed by atoms with Gasteiger partial charge in [-0.3, -0.25) is 9.69 Å². The van der Waals surface area contributed by atoms with Gasteiger partial charge >= 0.3 is 0 Å². The highest BCUT2D eigenvalue weighted by Crippen LogP contribution is 2.22. The molecule has 0 bridgehead atoms. The molecule has 0 saturated carbocycles. The maximum Gasteiger partial charge on any atom is 0.255 e. The van der Waals surface area contributed by atoms with Gasteiger partial charge in [0, 0.05) is 29.7 Å². The number of benzene rings is 2. The van der Waals surface area contributed by atoms with Crippen LogP contribution >= 0.6 is 15.9 Å². The van der Waals surface area contributed by atoms with Crippen molar-refractivity contribution in [3.63, 3.8) is 0 Å². The van der Waals surface area contributed by atoms with Crippen molar-refractivity contribution in [3.8, 4) is 5.75 Å². The van der Waals surface area contributed by atoms with Gasteiger partial charge in [-0.25, -0.2) is 0 Å². The van der Waals surface area contributed by atoms with Crippen molar-refractivity contribution in [2.75, 3.05) is 39.4 Å². The Bertz CT molecular complexity index is 748. The maximum atomic E-state index is 12.6. The molecule has 1 saturated heterocycles. The van der Waals surface area contributed by atoms with E-state index >= 15 is 0 Å². The van der Waals surface area contributed by atoms with Gasteiger partial charge in [-0.05, 0) is 31.2 Å². The van der Waals surface area contributed by atoms with E-state index in [1.54, 1.807) is 6.07 Å². The molecule has 144 valence electrons. The number of nitrogens with one attached hydrogen (secondary N) is 1. The van der Waals surface area contributed by atoms with Gasteiger partial charge in [-0.2, -0.15) is 0 Å². The summed E-state index contributed by atoms with van der Waals surface area (Å²) in [5, 5.41) is 3.00. The van der Waals surface area contributed by atoms with Crippen LogP contribution in [0, 0.1) is 0 Å². The summed E-state index contributed by atoms with van der Waals surface area (Å²) >= 11 is 3.52. The van der Waals surface area contributed by atoms with Gasteiger partial charge in [0.15, 0.2) is 0 Å². The van der Waals surface area contributed by atoms with Crippen molar-refractivity contribution in [2.45, 2.75) is 13.0 Å². The normalized spacial score (nSPS) is 14.7. The minimum atomic E-state index is -0.0975. The molecule has 0 unspecified atom stereocenters. The zero-order valence-corrected chi connectivity index (χ0v) is 16.9. The smallest absolute Gasteiger partial charge is 0.255 e. The highest BCUT2D eigenvalue weighted by molar-refractivity contribution is 9.10. The lowest BCUT2D eigenvalue weighted by atomic mass is 10.2. The van der Waals surface area contributed by atoms with Crippen LogP contribution in [0.2, 0.25) is 0 Å². The number of morpholine rings is 1. The Balaban J connectivity index is 1.50. The summed E-state index contributed by atoms with van der Waals surface area (Å²) in [7, 11) is 0. The number of nitrogens with zero attached hydrogens (tertiary/aromatic N) is 1. The van der Waals surface area contributed by atoms with E-state index in [2.05, 4.69) is 26.1 Å². The second-order valence-electron chi connectivity index (χ2n) is 6.44. The van der Waals surface area contributed by atoms with Crippen molar-refractivity contribution in [1.82, 2.24) is 10.2 Å². The number of ether oxygens (including phenoxy) is 2. The molecule has 1 N–H and O–H groups in total. The molecule has 3 rings (SSSR count). The quantitative estimate of drug-likeness (QED) is 0.648. The second-order valence-corrected chi connectivity index (χ2v) is 7.29. The fourth-order valence-corrected chi connectivity index (χ4v) is 3.37. The predicted octanol–water partition coefficient (Wildman–Crippen LogP) is 3.48. The molecule has 1 amide bonds. The number of carbonyl (C=O) groups excluding carboxylic acids is 1. The Kier molecular flexibility index (Phi) is 7.68. The molecule has 2 aromatic rings. The van der Waals surface area contributed by atoms with Crippen LogP contribution in [0.4, 0.5) is 0 Å². The number of carbonyl (C=O) groups is 1. The molecule has 6 heteroatoms. The molecule has 0 aromatic heterocycles. The first-order valence-corrected chi connectivity index (χ1v) is 10.1. The molecule has 5 nitrogen and oxygen atoms in total. The van der Waals surface area contributed by atoms with Gasteiger partial charge in [0.05, 0.1) is 18.8 Å². The number of para-hydroxylation sites is 1. The largest absolute Gasteiger partial charge is 0.488 e. The standard InChI is InChI=1S/C21H25BrN2O3/c22-19-8-3-1-6-17(19)16-27-20-9-4-2-7-18(20)21(25)23-10-5-11-24-12-14-26-15-13-24/h1-4,6-9H,5,10-16H2,(H,23,25). The number of amides is 1. The number of rotatable bonds is 8. The summed E-state index contributed by atoms with van der Waals surface area (Å²) in [6.07, 6.45) is 0.922. The summed E-state index contributed by atoms with van der Waals surface area (Å²) in [6.45, 7) is 5.57. The van der Waals surface area contributed by atoms with Crippen LogP contribution in [0.3, 0.4) is 0 Å². The van der Waals surface area contributed by atoms with Crippen molar-refractivity contribution in [3.05, 3.63) is 64.1 Å². The van der Waals surface area contributed by atoms with E-state index in [1.165, 1.54) is 0 Å². The highest BCUT2D eigenvalue weighted by atomic mass is 79.9. The Labute approximate surface area is 168 Å². The van der Waals surface area contributed by atoms with Crippen molar-refractivity contribution in [2.24, 2.45) is 0 Å².